The minimum absolute atomic E-state index is 0.0452. The van der Waals surface area contributed by atoms with E-state index >= 15 is 0 Å². The molecule has 1 heterocycles. The molecule has 0 aliphatic carbocycles. The van der Waals surface area contributed by atoms with Crippen molar-refractivity contribution in [2.24, 2.45) is 0 Å². The Bertz CT molecular complexity index is 1400. The van der Waals surface area contributed by atoms with Crippen LogP contribution >= 0.6 is 11.6 Å². The van der Waals surface area contributed by atoms with Crippen LogP contribution in [0.15, 0.2) is 83.5 Å². The fourth-order valence-electron chi connectivity index (χ4n) is 3.59. The van der Waals surface area contributed by atoms with E-state index < -0.39 is 17.8 Å². The molecule has 0 spiro atoms. The molecular weight excluding hydrogens is 494 g/mol. The van der Waals surface area contributed by atoms with Crippen molar-refractivity contribution in [2.45, 2.75) is 20.3 Å². The molecule has 8 nitrogen and oxygen atoms in total. The highest BCUT2D eigenvalue weighted by Gasteiger charge is 2.38. The number of carbonyl (C=O) groups excluding carboxylic acids is 4. The minimum atomic E-state index is -0.616. The van der Waals surface area contributed by atoms with Crippen LogP contribution in [0.5, 0.6) is 0 Å². The minimum Gasteiger partial charge on any atom is -0.462 e. The molecule has 0 radical (unpaired) electrons. The van der Waals surface area contributed by atoms with Gasteiger partial charge in [0.2, 0.25) is 0 Å². The zero-order valence-corrected chi connectivity index (χ0v) is 21.0. The number of nitrogens with one attached hydrogen (secondary N) is 2. The van der Waals surface area contributed by atoms with Gasteiger partial charge in [0.25, 0.3) is 17.7 Å². The van der Waals surface area contributed by atoms with Gasteiger partial charge in [-0.3, -0.25) is 14.4 Å². The predicted molar refractivity (Wildman–Crippen MR) is 142 cm³/mol. The van der Waals surface area contributed by atoms with Crippen molar-refractivity contribution in [3.05, 3.63) is 100 Å². The van der Waals surface area contributed by atoms with E-state index in [0.717, 1.165) is 10.5 Å². The number of halogens is 1. The van der Waals surface area contributed by atoms with E-state index in [2.05, 4.69) is 10.6 Å². The van der Waals surface area contributed by atoms with Gasteiger partial charge in [0.1, 0.15) is 10.7 Å². The van der Waals surface area contributed by atoms with Crippen LogP contribution in [0.1, 0.15) is 39.6 Å². The summed E-state index contributed by atoms with van der Waals surface area (Å²) in [6.45, 7) is 4.13. The van der Waals surface area contributed by atoms with Gasteiger partial charge in [0.05, 0.1) is 17.9 Å². The monoisotopic (exact) mass is 517 g/mol. The first kappa shape index (κ1) is 25.7. The topological polar surface area (TPSA) is 105 Å². The molecule has 0 saturated heterocycles. The molecule has 0 fully saturated rings. The summed E-state index contributed by atoms with van der Waals surface area (Å²) in [6.07, 6.45) is 0.714. The molecule has 0 aromatic heterocycles. The van der Waals surface area contributed by atoms with E-state index in [9.17, 15) is 19.2 Å². The Kier molecular flexibility index (Phi) is 7.69. The third kappa shape index (κ3) is 5.70. The summed E-state index contributed by atoms with van der Waals surface area (Å²) in [5.74, 6) is -2.03. The molecule has 4 rings (SSSR count). The van der Waals surface area contributed by atoms with E-state index in [1.807, 2.05) is 13.8 Å². The first-order valence-electron chi connectivity index (χ1n) is 11.6. The molecule has 1 aliphatic heterocycles. The first-order valence-corrected chi connectivity index (χ1v) is 12.0. The highest BCUT2D eigenvalue weighted by atomic mass is 35.5. The van der Waals surface area contributed by atoms with E-state index in [1.165, 1.54) is 0 Å². The maximum atomic E-state index is 12.9. The van der Waals surface area contributed by atoms with Gasteiger partial charge < -0.3 is 15.4 Å². The summed E-state index contributed by atoms with van der Waals surface area (Å²) in [5.41, 5.74) is 2.97. The Morgan fingerprint density at radius 3 is 2.27 bits per heavy atom. The molecule has 3 amide bonds. The van der Waals surface area contributed by atoms with Gasteiger partial charge in [-0.1, -0.05) is 42.3 Å². The second-order valence-corrected chi connectivity index (χ2v) is 8.72. The van der Waals surface area contributed by atoms with Crippen LogP contribution in [-0.4, -0.2) is 30.3 Å². The lowest BCUT2D eigenvalue weighted by atomic mass is 10.1. The van der Waals surface area contributed by atoms with Crippen LogP contribution in [0, 0.1) is 6.92 Å². The number of rotatable bonds is 8. The second-order valence-electron chi connectivity index (χ2n) is 8.34. The van der Waals surface area contributed by atoms with Crippen molar-refractivity contribution in [2.75, 3.05) is 22.1 Å². The number of imide groups is 1. The number of ether oxygens (including phenoxy) is 1. The Labute approximate surface area is 218 Å². The molecule has 0 saturated carbocycles. The average Bonchev–Trinajstić information content (AvgIpc) is 3.11. The lowest BCUT2D eigenvalue weighted by Crippen LogP contribution is -2.32. The zero-order chi connectivity index (χ0) is 26.5. The molecule has 37 heavy (non-hydrogen) atoms. The second kappa shape index (κ2) is 11.1. The van der Waals surface area contributed by atoms with E-state index in [-0.39, 0.29) is 16.6 Å². The highest BCUT2D eigenvalue weighted by molar-refractivity contribution is 6.53. The number of amides is 3. The lowest BCUT2D eigenvalue weighted by molar-refractivity contribution is -0.120. The summed E-state index contributed by atoms with van der Waals surface area (Å²) in [5, 5.41) is 5.42. The molecular formula is C28H24ClN3O5. The molecule has 2 N–H and O–H groups in total. The molecule has 188 valence electrons. The molecule has 1 aliphatic rings. The molecule has 0 unspecified atom stereocenters. The number of benzene rings is 3. The maximum absolute atomic E-state index is 12.9. The van der Waals surface area contributed by atoms with Gasteiger partial charge >= 0.3 is 5.97 Å². The van der Waals surface area contributed by atoms with Crippen LogP contribution in [-0.2, 0) is 14.3 Å². The molecule has 9 heteroatoms. The number of nitrogens with zero attached hydrogens (tertiary/aromatic N) is 1. The van der Waals surface area contributed by atoms with Gasteiger partial charge in [-0.15, -0.1) is 0 Å². The molecule has 3 aromatic rings. The maximum Gasteiger partial charge on any atom is 0.338 e. The fourth-order valence-corrected chi connectivity index (χ4v) is 3.81. The Morgan fingerprint density at radius 2 is 1.59 bits per heavy atom. The fraction of sp³-hybridized carbons (Fsp3) is 0.143. The van der Waals surface area contributed by atoms with Crippen molar-refractivity contribution in [3.63, 3.8) is 0 Å². The number of carbonyl (C=O) groups is 4. The van der Waals surface area contributed by atoms with E-state index in [0.29, 0.717) is 41.2 Å². The van der Waals surface area contributed by atoms with Crippen LogP contribution < -0.4 is 15.5 Å². The summed E-state index contributed by atoms with van der Waals surface area (Å²) in [6, 6.07) is 19.7. The molecule has 0 bridgehead atoms. The molecule has 3 aromatic carbocycles. The Balaban J connectivity index is 1.43. The molecule has 0 atom stereocenters. The van der Waals surface area contributed by atoms with Crippen molar-refractivity contribution >= 4 is 52.4 Å². The summed E-state index contributed by atoms with van der Waals surface area (Å²) in [4.78, 5) is 51.4. The Morgan fingerprint density at radius 1 is 0.892 bits per heavy atom. The summed E-state index contributed by atoms with van der Waals surface area (Å²) < 4.78 is 5.13. The smallest absolute Gasteiger partial charge is 0.338 e. The first-order chi connectivity index (χ1) is 17.8. The quantitative estimate of drug-likeness (QED) is 0.312. The van der Waals surface area contributed by atoms with Crippen LogP contribution in [0.3, 0.4) is 0 Å². The largest absolute Gasteiger partial charge is 0.462 e. The van der Waals surface area contributed by atoms with Gasteiger partial charge in [0.15, 0.2) is 0 Å². The number of anilines is 3. The van der Waals surface area contributed by atoms with Gasteiger partial charge in [-0.25, -0.2) is 9.69 Å². The van der Waals surface area contributed by atoms with Crippen LogP contribution in [0.4, 0.5) is 17.1 Å². The highest BCUT2D eigenvalue weighted by Crippen LogP contribution is 2.30. The van der Waals surface area contributed by atoms with E-state index in [1.54, 1.807) is 72.8 Å². The van der Waals surface area contributed by atoms with Crippen LogP contribution in [0.25, 0.3) is 0 Å². The van der Waals surface area contributed by atoms with Crippen molar-refractivity contribution < 1.29 is 23.9 Å². The van der Waals surface area contributed by atoms with E-state index in [4.69, 9.17) is 16.3 Å². The number of hydrogen-bond acceptors (Lipinski definition) is 6. The van der Waals surface area contributed by atoms with Gasteiger partial charge in [0, 0.05) is 16.9 Å². The van der Waals surface area contributed by atoms with Crippen molar-refractivity contribution in [1.29, 1.82) is 0 Å². The predicted octanol–water partition coefficient (Wildman–Crippen LogP) is 5.25. The third-order valence-electron chi connectivity index (χ3n) is 5.53. The standard InChI is InChI=1S/C28H24ClN3O5/c1-3-15-37-28(36)19-5-4-6-21(16-19)31-25(33)18-9-11-20(12-10-18)30-24-23(29)26(34)32(27(24)35)22-13-7-17(2)8-14-22/h4-14,16,30H,3,15H2,1-2H3,(H,31,33). The van der Waals surface area contributed by atoms with Crippen molar-refractivity contribution in [3.8, 4) is 0 Å². The number of aryl methyl sites for hydroxylation is 1. The summed E-state index contributed by atoms with van der Waals surface area (Å²) >= 11 is 6.19. The van der Waals surface area contributed by atoms with Gasteiger partial charge in [-0.05, 0) is 67.9 Å². The average molecular weight is 518 g/mol. The Hall–Kier alpha value is -4.43. The van der Waals surface area contributed by atoms with Crippen LogP contribution in [0.2, 0.25) is 0 Å². The normalized spacial score (nSPS) is 13.1. The summed E-state index contributed by atoms with van der Waals surface area (Å²) in [7, 11) is 0. The van der Waals surface area contributed by atoms with Crippen molar-refractivity contribution in [1.82, 2.24) is 0 Å². The van der Waals surface area contributed by atoms with Gasteiger partial charge in [-0.2, -0.15) is 0 Å². The SMILES string of the molecule is CCCOC(=O)c1cccc(NC(=O)c2ccc(NC3=C(Cl)C(=O)N(c4ccc(C)cc4)C3=O)cc2)c1. The lowest BCUT2D eigenvalue weighted by Gasteiger charge is -2.15. The third-order valence-corrected chi connectivity index (χ3v) is 5.88. The number of esters is 1. The number of hydrogen-bond donors (Lipinski definition) is 2. The zero-order valence-electron chi connectivity index (χ0n) is 20.2.